The van der Waals surface area contributed by atoms with Gasteiger partial charge in [0.2, 0.25) is 0 Å². The molecule has 0 N–H and O–H groups in total. The Balaban J connectivity index is 1.35. The van der Waals surface area contributed by atoms with Crippen molar-refractivity contribution in [3.63, 3.8) is 0 Å². The highest BCUT2D eigenvalue weighted by Crippen LogP contribution is 2.39. The number of halogens is 2. The zero-order valence-corrected chi connectivity index (χ0v) is 20.3. The zero-order valence-electron chi connectivity index (χ0n) is 20.3. The molecule has 0 atom stereocenters. The second-order valence-corrected chi connectivity index (χ2v) is 9.74. The maximum Gasteiger partial charge on any atom is 0.253 e. The summed E-state index contributed by atoms with van der Waals surface area (Å²) in [7, 11) is 1.59. The van der Waals surface area contributed by atoms with Crippen LogP contribution in [0, 0.1) is 17.6 Å². The highest BCUT2D eigenvalue weighted by molar-refractivity contribution is 5.96. The molecule has 1 saturated heterocycles. The van der Waals surface area contributed by atoms with Gasteiger partial charge in [0.05, 0.1) is 7.11 Å². The molecule has 1 fully saturated rings. The number of Topliss-reactive ketones (excluding diaryl/α,β-unsaturated/α-hetero) is 1. The molecule has 36 heavy (non-hydrogen) atoms. The van der Waals surface area contributed by atoms with E-state index >= 15 is 0 Å². The number of likely N-dealkylation sites (tertiary alicyclic amines) is 1. The zero-order chi connectivity index (χ0) is 25.2. The van der Waals surface area contributed by atoms with Gasteiger partial charge in [0, 0.05) is 37.4 Å². The largest absolute Gasteiger partial charge is 0.496 e. The van der Waals surface area contributed by atoms with Gasteiger partial charge in [-0.3, -0.25) is 9.59 Å². The first-order chi connectivity index (χ1) is 17.4. The second-order valence-electron chi connectivity index (χ2n) is 9.74. The second kappa shape index (κ2) is 10.2. The third kappa shape index (κ3) is 4.90. The summed E-state index contributed by atoms with van der Waals surface area (Å²) in [6.07, 6.45) is 3.03. The van der Waals surface area contributed by atoms with Crippen LogP contribution in [-0.4, -0.2) is 36.8 Å². The van der Waals surface area contributed by atoms with Crippen molar-refractivity contribution in [1.82, 2.24) is 4.90 Å². The highest BCUT2D eigenvalue weighted by atomic mass is 19.1. The topological polar surface area (TPSA) is 46.6 Å². The van der Waals surface area contributed by atoms with Gasteiger partial charge in [-0.25, -0.2) is 8.78 Å². The van der Waals surface area contributed by atoms with E-state index in [1.807, 2.05) is 11.0 Å². The molecule has 2 aliphatic rings. The molecule has 1 aliphatic heterocycles. The number of piperidine rings is 1. The minimum Gasteiger partial charge on any atom is -0.496 e. The SMILES string of the molecule is COc1cc(C(=O)N2CCC(C(c3ccc(F)cc3)c3ccc(F)cc3)CC2)cc2c1CCC(=O)C2. The van der Waals surface area contributed by atoms with Crippen LogP contribution < -0.4 is 4.74 Å². The van der Waals surface area contributed by atoms with Gasteiger partial charge in [0.25, 0.3) is 5.91 Å². The third-order valence-corrected chi connectivity index (χ3v) is 7.57. The number of ether oxygens (including phenoxy) is 1. The molecule has 3 aromatic carbocycles. The van der Waals surface area contributed by atoms with Crippen molar-refractivity contribution in [3.05, 3.63) is 100 Å². The van der Waals surface area contributed by atoms with Crippen molar-refractivity contribution in [2.45, 2.75) is 38.0 Å². The molecular weight excluding hydrogens is 460 g/mol. The maximum absolute atomic E-state index is 13.6. The number of hydrogen-bond donors (Lipinski definition) is 0. The molecule has 6 heteroatoms. The quantitative estimate of drug-likeness (QED) is 0.461. The van der Waals surface area contributed by atoms with Crippen LogP contribution in [0.4, 0.5) is 8.78 Å². The van der Waals surface area contributed by atoms with E-state index in [9.17, 15) is 18.4 Å². The summed E-state index contributed by atoms with van der Waals surface area (Å²) >= 11 is 0. The van der Waals surface area contributed by atoms with Gasteiger partial charge in [0.15, 0.2) is 0 Å². The van der Waals surface area contributed by atoms with E-state index in [2.05, 4.69) is 0 Å². The molecule has 0 saturated carbocycles. The molecule has 0 aromatic heterocycles. The Bertz CT molecular complexity index is 1220. The first-order valence-electron chi connectivity index (χ1n) is 12.4. The van der Waals surface area contributed by atoms with Gasteiger partial charge in [0.1, 0.15) is 23.2 Å². The van der Waals surface area contributed by atoms with Crippen molar-refractivity contribution in [3.8, 4) is 5.75 Å². The van der Waals surface area contributed by atoms with Crippen LogP contribution >= 0.6 is 0 Å². The summed E-state index contributed by atoms with van der Waals surface area (Å²) in [4.78, 5) is 27.3. The van der Waals surface area contributed by atoms with Crippen LogP contribution in [0.2, 0.25) is 0 Å². The number of fused-ring (bicyclic) bond motifs is 1. The fraction of sp³-hybridized carbons (Fsp3) is 0.333. The fourth-order valence-corrected chi connectivity index (χ4v) is 5.71. The number of nitrogens with zero attached hydrogens (tertiary/aromatic N) is 1. The summed E-state index contributed by atoms with van der Waals surface area (Å²) in [6.45, 7) is 1.17. The Labute approximate surface area is 209 Å². The summed E-state index contributed by atoms with van der Waals surface area (Å²) in [5, 5.41) is 0. The lowest BCUT2D eigenvalue weighted by Crippen LogP contribution is -2.40. The van der Waals surface area contributed by atoms with Crippen molar-refractivity contribution in [2.24, 2.45) is 5.92 Å². The first kappa shape index (κ1) is 24.2. The van der Waals surface area contributed by atoms with E-state index in [-0.39, 0.29) is 35.2 Å². The van der Waals surface area contributed by atoms with Crippen LogP contribution in [0.25, 0.3) is 0 Å². The molecule has 0 spiro atoms. The Morgan fingerprint density at radius 1 is 0.917 bits per heavy atom. The lowest BCUT2D eigenvalue weighted by atomic mass is 9.76. The molecule has 3 aromatic rings. The van der Waals surface area contributed by atoms with Crippen LogP contribution in [0.15, 0.2) is 60.7 Å². The number of benzene rings is 3. The molecule has 1 amide bonds. The predicted octanol–water partition coefficient (Wildman–Crippen LogP) is 5.72. The molecule has 1 heterocycles. The van der Waals surface area contributed by atoms with Gasteiger partial charge in [-0.05, 0) is 83.8 Å². The fourth-order valence-electron chi connectivity index (χ4n) is 5.71. The number of carbonyl (C=O) groups is 2. The number of amides is 1. The number of hydrogen-bond acceptors (Lipinski definition) is 3. The van der Waals surface area contributed by atoms with E-state index in [4.69, 9.17) is 4.74 Å². The third-order valence-electron chi connectivity index (χ3n) is 7.57. The summed E-state index contributed by atoms with van der Waals surface area (Å²) < 4.78 is 32.8. The van der Waals surface area contributed by atoms with Crippen molar-refractivity contribution in [2.75, 3.05) is 20.2 Å². The Morgan fingerprint density at radius 2 is 1.50 bits per heavy atom. The van der Waals surface area contributed by atoms with Gasteiger partial charge in [-0.2, -0.15) is 0 Å². The van der Waals surface area contributed by atoms with Gasteiger partial charge >= 0.3 is 0 Å². The molecule has 4 nitrogen and oxygen atoms in total. The first-order valence-corrected chi connectivity index (χ1v) is 12.4. The van der Waals surface area contributed by atoms with E-state index in [1.165, 1.54) is 24.3 Å². The van der Waals surface area contributed by atoms with E-state index < -0.39 is 0 Å². The standard InChI is InChI=1S/C30H29F2NO3/c1-36-28-18-23(16-22-17-26(34)10-11-27(22)28)30(35)33-14-12-21(13-15-33)29(19-2-6-24(31)7-3-19)20-4-8-25(32)9-5-20/h2-9,16,18,21,29H,10-15,17H2,1H3. The van der Waals surface area contributed by atoms with Gasteiger partial charge in [-0.15, -0.1) is 0 Å². The summed E-state index contributed by atoms with van der Waals surface area (Å²) in [5.74, 6) is 0.415. The van der Waals surface area contributed by atoms with Crippen LogP contribution in [0.5, 0.6) is 5.75 Å². The summed E-state index contributed by atoms with van der Waals surface area (Å²) in [5.41, 5.74) is 4.42. The molecule has 0 bridgehead atoms. The van der Waals surface area contributed by atoms with Gasteiger partial charge < -0.3 is 9.64 Å². The Hall–Kier alpha value is -3.54. The average molecular weight is 490 g/mol. The predicted molar refractivity (Wildman–Crippen MR) is 133 cm³/mol. The minimum absolute atomic E-state index is 0.0155. The monoisotopic (exact) mass is 489 g/mol. The molecular formula is C30H29F2NO3. The lowest BCUT2D eigenvalue weighted by molar-refractivity contribution is -0.118. The maximum atomic E-state index is 13.6. The van der Waals surface area contributed by atoms with E-state index in [0.29, 0.717) is 43.7 Å². The Morgan fingerprint density at radius 3 is 2.06 bits per heavy atom. The molecule has 0 unspecified atom stereocenters. The van der Waals surface area contributed by atoms with E-state index in [1.54, 1.807) is 37.4 Å². The van der Waals surface area contributed by atoms with Gasteiger partial charge in [-0.1, -0.05) is 24.3 Å². The number of carbonyl (C=O) groups excluding carboxylic acids is 2. The van der Waals surface area contributed by atoms with Crippen LogP contribution in [-0.2, 0) is 17.6 Å². The summed E-state index contributed by atoms with van der Waals surface area (Å²) in [6, 6.07) is 16.6. The smallest absolute Gasteiger partial charge is 0.253 e. The minimum atomic E-state index is -0.292. The molecule has 1 aliphatic carbocycles. The molecule has 186 valence electrons. The highest BCUT2D eigenvalue weighted by Gasteiger charge is 2.32. The lowest BCUT2D eigenvalue weighted by Gasteiger charge is -2.37. The van der Waals surface area contributed by atoms with Crippen molar-refractivity contribution < 1.29 is 23.1 Å². The number of methoxy groups -OCH3 is 1. The number of ketones is 1. The normalized spacial score (nSPS) is 16.2. The Kier molecular flexibility index (Phi) is 6.86. The van der Waals surface area contributed by atoms with Crippen LogP contribution in [0.1, 0.15) is 57.8 Å². The number of rotatable bonds is 5. The van der Waals surface area contributed by atoms with Crippen molar-refractivity contribution >= 4 is 11.7 Å². The van der Waals surface area contributed by atoms with E-state index in [0.717, 1.165) is 35.1 Å². The molecule has 0 radical (unpaired) electrons. The average Bonchev–Trinajstić information content (AvgIpc) is 2.90. The van der Waals surface area contributed by atoms with Crippen molar-refractivity contribution in [1.29, 1.82) is 0 Å². The van der Waals surface area contributed by atoms with Crippen LogP contribution in [0.3, 0.4) is 0 Å². The molecule has 5 rings (SSSR count).